The zero-order valence-electron chi connectivity index (χ0n) is 17.1. The van der Waals surface area contributed by atoms with Crippen LogP contribution in [0, 0.1) is 0 Å². The van der Waals surface area contributed by atoms with E-state index in [-0.39, 0.29) is 0 Å². The van der Waals surface area contributed by atoms with Crippen LogP contribution >= 0.6 is 0 Å². The summed E-state index contributed by atoms with van der Waals surface area (Å²) in [4.78, 5) is 3.56. The molecule has 2 aromatic carbocycles. The van der Waals surface area contributed by atoms with Crippen molar-refractivity contribution in [1.82, 2.24) is 4.98 Å². The van der Waals surface area contributed by atoms with Crippen LogP contribution in [0.2, 0.25) is 0 Å². The van der Waals surface area contributed by atoms with Crippen molar-refractivity contribution in [1.29, 1.82) is 0 Å². The summed E-state index contributed by atoms with van der Waals surface area (Å²) in [6.07, 6.45) is 12.7. The van der Waals surface area contributed by atoms with Crippen LogP contribution in [0.15, 0.2) is 42.5 Å². The first-order valence-corrected chi connectivity index (χ1v) is 11.2. The van der Waals surface area contributed by atoms with Gasteiger partial charge in [0.15, 0.2) is 0 Å². The van der Waals surface area contributed by atoms with Gasteiger partial charge in [-0.15, -0.1) is 0 Å². The smallest absolute Gasteiger partial charge is 0.117 e. The number of aromatic nitrogens is 1. The summed E-state index contributed by atoms with van der Waals surface area (Å²) in [6.45, 7) is 2.27. The molecule has 4 rings (SSSR count). The van der Waals surface area contributed by atoms with Crippen molar-refractivity contribution >= 4 is 10.9 Å². The van der Waals surface area contributed by atoms with E-state index in [1.807, 2.05) is 12.1 Å². The van der Waals surface area contributed by atoms with Crippen LogP contribution in [0.5, 0.6) is 5.75 Å². The number of aryl methyl sites for hydroxylation is 2. The van der Waals surface area contributed by atoms with E-state index in [9.17, 15) is 5.11 Å². The van der Waals surface area contributed by atoms with Gasteiger partial charge in [0.2, 0.25) is 0 Å². The molecule has 0 saturated carbocycles. The molecule has 0 aliphatic heterocycles. The molecule has 1 aromatic heterocycles. The first-order valence-electron chi connectivity index (χ1n) is 11.2. The van der Waals surface area contributed by atoms with Gasteiger partial charge in [-0.2, -0.15) is 0 Å². The highest BCUT2D eigenvalue weighted by atomic mass is 16.3. The minimum atomic E-state index is 0.341. The lowest BCUT2D eigenvalue weighted by Gasteiger charge is -2.23. The fraction of sp³-hybridized carbons (Fsp3) is 0.462. The summed E-state index contributed by atoms with van der Waals surface area (Å²) in [7, 11) is 0. The quantitative estimate of drug-likeness (QED) is 0.407. The van der Waals surface area contributed by atoms with Crippen LogP contribution in [-0.4, -0.2) is 10.1 Å². The zero-order chi connectivity index (χ0) is 19.3. The number of rotatable bonds is 8. The average molecular weight is 376 g/mol. The van der Waals surface area contributed by atoms with E-state index in [1.54, 1.807) is 0 Å². The largest absolute Gasteiger partial charge is 0.508 e. The van der Waals surface area contributed by atoms with Crippen LogP contribution in [0.4, 0.5) is 0 Å². The number of hydrogen-bond donors (Lipinski definition) is 2. The molecular formula is C26H33NO. The Balaban J connectivity index is 1.43. The summed E-state index contributed by atoms with van der Waals surface area (Å²) >= 11 is 0. The molecule has 0 saturated heterocycles. The van der Waals surface area contributed by atoms with Crippen LogP contribution in [-0.2, 0) is 19.3 Å². The van der Waals surface area contributed by atoms with Crippen molar-refractivity contribution in [2.75, 3.05) is 0 Å². The van der Waals surface area contributed by atoms with Crippen molar-refractivity contribution in [3.05, 3.63) is 64.8 Å². The standard InChI is InChI=1S/C26H33NO/c1-2-3-4-5-6-8-19-11-13-20(14-12-19)17-21-9-7-10-24-26(21)23-16-15-22(28)18-25(23)27-24/h11-16,18,21,27-28H,2-10,17H2,1H3. The van der Waals surface area contributed by atoms with Gasteiger partial charge in [0, 0.05) is 22.7 Å². The number of phenols is 1. The molecule has 1 aliphatic carbocycles. The summed E-state index contributed by atoms with van der Waals surface area (Å²) < 4.78 is 0. The molecule has 2 heteroatoms. The van der Waals surface area contributed by atoms with Gasteiger partial charge in [-0.3, -0.25) is 0 Å². The lowest BCUT2D eigenvalue weighted by atomic mass is 9.81. The predicted octanol–water partition coefficient (Wildman–Crippen LogP) is 7.05. The zero-order valence-corrected chi connectivity index (χ0v) is 17.1. The molecule has 1 aliphatic rings. The molecule has 0 amide bonds. The third-order valence-electron chi connectivity index (χ3n) is 6.37. The Morgan fingerprint density at radius 1 is 0.964 bits per heavy atom. The summed E-state index contributed by atoms with van der Waals surface area (Å²) in [6, 6.07) is 15.1. The fourth-order valence-electron chi connectivity index (χ4n) is 4.86. The lowest BCUT2D eigenvalue weighted by molar-refractivity contribution is 0.476. The average Bonchev–Trinajstić information content (AvgIpc) is 3.07. The maximum Gasteiger partial charge on any atom is 0.117 e. The molecule has 2 N–H and O–H groups in total. The van der Waals surface area contributed by atoms with Crippen LogP contribution in [0.25, 0.3) is 10.9 Å². The topological polar surface area (TPSA) is 36.0 Å². The highest BCUT2D eigenvalue weighted by molar-refractivity contribution is 5.86. The number of phenolic OH excluding ortho intramolecular Hbond substituents is 1. The number of hydrogen-bond acceptors (Lipinski definition) is 1. The summed E-state index contributed by atoms with van der Waals surface area (Å²) in [5.41, 5.74) is 6.87. The van der Waals surface area contributed by atoms with Gasteiger partial charge in [-0.25, -0.2) is 0 Å². The maximum absolute atomic E-state index is 9.80. The molecule has 148 valence electrons. The molecule has 0 radical (unpaired) electrons. The van der Waals surface area contributed by atoms with Crippen LogP contribution < -0.4 is 0 Å². The number of benzene rings is 2. The Morgan fingerprint density at radius 2 is 1.75 bits per heavy atom. The Labute approximate surface area is 169 Å². The second-order valence-electron chi connectivity index (χ2n) is 8.52. The Morgan fingerprint density at radius 3 is 2.57 bits per heavy atom. The Bertz CT molecular complexity index is 906. The van der Waals surface area contributed by atoms with Gasteiger partial charge < -0.3 is 10.1 Å². The normalized spacial score (nSPS) is 16.4. The van der Waals surface area contributed by atoms with Crippen LogP contribution in [0.1, 0.15) is 80.2 Å². The van der Waals surface area contributed by atoms with Gasteiger partial charge >= 0.3 is 0 Å². The second-order valence-corrected chi connectivity index (χ2v) is 8.52. The Hall–Kier alpha value is -2.22. The molecule has 1 atom stereocenters. The first-order chi connectivity index (χ1) is 13.7. The number of aromatic amines is 1. The van der Waals surface area contributed by atoms with Crippen molar-refractivity contribution < 1.29 is 5.11 Å². The monoisotopic (exact) mass is 375 g/mol. The second kappa shape index (κ2) is 8.86. The third kappa shape index (κ3) is 4.27. The molecular weight excluding hydrogens is 342 g/mol. The van der Waals surface area contributed by atoms with Gasteiger partial charge in [0.1, 0.15) is 5.75 Å². The van der Waals surface area contributed by atoms with E-state index < -0.39 is 0 Å². The van der Waals surface area contributed by atoms with Crippen molar-refractivity contribution in [3.63, 3.8) is 0 Å². The van der Waals surface area contributed by atoms with Crippen LogP contribution in [0.3, 0.4) is 0 Å². The minimum absolute atomic E-state index is 0.341. The molecule has 0 bridgehead atoms. The van der Waals surface area contributed by atoms with E-state index in [1.165, 1.54) is 79.1 Å². The van der Waals surface area contributed by atoms with E-state index >= 15 is 0 Å². The summed E-state index contributed by atoms with van der Waals surface area (Å²) in [5, 5.41) is 11.1. The van der Waals surface area contributed by atoms with Crippen molar-refractivity contribution in [2.45, 2.75) is 77.0 Å². The fourth-order valence-corrected chi connectivity index (χ4v) is 4.86. The third-order valence-corrected chi connectivity index (χ3v) is 6.37. The molecule has 1 unspecified atom stereocenters. The highest BCUT2D eigenvalue weighted by Gasteiger charge is 2.25. The number of unbranched alkanes of at least 4 members (excludes halogenated alkanes) is 4. The highest BCUT2D eigenvalue weighted by Crippen LogP contribution is 2.39. The first kappa shape index (κ1) is 19.1. The number of aromatic hydroxyl groups is 1. The summed E-state index contributed by atoms with van der Waals surface area (Å²) in [5.74, 6) is 0.912. The van der Waals surface area contributed by atoms with Gasteiger partial charge in [0.25, 0.3) is 0 Å². The Kier molecular flexibility index (Phi) is 6.04. The molecule has 0 fully saturated rings. The van der Waals surface area contributed by atoms with E-state index in [0.29, 0.717) is 11.7 Å². The molecule has 1 heterocycles. The molecule has 0 spiro atoms. The molecule has 28 heavy (non-hydrogen) atoms. The van der Waals surface area contributed by atoms with Crippen molar-refractivity contribution in [2.24, 2.45) is 0 Å². The minimum Gasteiger partial charge on any atom is -0.508 e. The lowest BCUT2D eigenvalue weighted by Crippen LogP contribution is -2.11. The number of fused-ring (bicyclic) bond motifs is 3. The predicted molar refractivity (Wildman–Crippen MR) is 118 cm³/mol. The molecule has 3 aromatic rings. The van der Waals surface area contributed by atoms with Gasteiger partial charge in [-0.1, -0.05) is 56.9 Å². The number of nitrogens with one attached hydrogen (secondary N) is 1. The van der Waals surface area contributed by atoms with Gasteiger partial charge in [0.05, 0.1) is 0 Å². The maximum atomic E-state index is 9.80. The van der Waals surface area contributed by atoms with E-state index in [0.717, 1.165) is 18.4 Å². The molecule has 2 nitrogen and oxygen atoms in total. The van der Waals surface area contributed by atoms with E-state index in [2.05, 4.69) is 42.2 Å². The van der Waals surface area contributed by atoms with Gasteiger partial charge in [-0.05, 0) is 73.3 Å². The number of H-pyrrole nitrogens is 1. The van der Waals surface area contributed by atoms with E-state index in [4.69, 9.17) is 0 Å². The SMILES string of the molecule is CCCCCCCc1ccc(CC2CCCc3[nH]c4cc(O)ccc4c32)cc1. The van der Waals surface area contributed by atoms with Crippen molar-refractivity contribution in [3.8, 4) is 5.75 Å².